The van der Waals surface area contributed by atoms with Gasteiger partial charge in [0.25, 0.3) is 5.91 Å². The van der Waals surface area contributed by atoms with Crippen molar-refractivity contribution in [3.8, 4) is 0 Å². The molecule has 0 unspecified atom stereocenters. The molecule has 0 atom stereocenters. The molecule has 0 bridgehead atoms. The Morgan fingerprint density at radius 2 is 1.95 bits per heavy atom. The minimum absolute atomic E-state index is 0.104. The molecule has 0 saturated carbocycles. The second kappa shape index (κ2) is 9.23. The first-order valence-electron chi connectivity index (χ1n) is 8.05. The van der Waals surface area contributed by atoms with Crippen molar-refractivity contribution >= 4 is 11.9 Å². The Hall–Kier alpha value is -1.85. The molecule has 0 spiro atoms. The number of carboxylic acids is 1. The van der Waals surface area contributed by atoms with E-state index in [1.807, 2.05) is 11.6 Å². The second-order valence-electron chi connectivity index (χ2n) is 5.52. The third-order valence-corrected chi connectivity index (χ3v) is 3.93. The number of aliphatic carboxylic acids is 1. The fourth-order valence-electron chi connectivity index (χ4n) is 2.52. The van der Waals surface area contributed by atoms with Crippen molar-refractivity contribution in [2.75, 3.05) is 6.54 Å². The molecule has 1 rings (SSSR count). The van der Waals surface area contributed by atoms with Gasteiger partial charge in [0, 0.05) is 18.7 Å². The molecule has 0 saturated heterocycles. The molecule has 0 fully saturated rings. The zero-order valence-corrected chi connectivity index (χ0v) is 13.8. The van der Waals surface area contributed by atoms with Gasteiger partial charge in [-0.15, -0.1) is 0 Å². The minimum atomic E-state index is -0.770. The summed E-state index contributed by atoms with van der Waals surface area (Å²) in [4.78, 5) is 22.6. The summed E-state index contributed by atoms with van der Waals surface area (Å²) in [6, 6.07) is 0.331. The van der Waals surface area contributed by atoms with E-state index < -0.39 is 5.97 Å². The molecule has 2 N–H and O–H groups in total. The van der Waals surface area contributed by atoms with Crippen molar-refractivity contribution < 1.29 is 14.7 Å². The molecule has 1 aromatic rings. The quantitative estimate of drug-likeness (QED) is 0.651. The maximum atomic E-state index is 12.2. The van der Waals surface area contributed by atoms with Gasteiger partial charge < -0.3 is 10.4 Å². The zero-order valence-electron chi connectivity index (χ0n) is 13.8. The summed E-state index contributed by atoms with van der Waals surface area (Å²) >= 11 is 0. The fraction of sp³-hybridized carbons (Fsp3) is 0.688. The fourth-order valence-corrected chi connectivity index (χ4v) is 2.52. The van der Waals surface area contributed by atoms with Gasteiger partial charge in [-0.3, -0.25) is 14.3 Å². The van der Waals surface area contributed by atoms with E-state index in [-0.39, 0.29) is 12.3 Å². The highest BCUT2D eigenvalue weighted by Crippen LogP contribution is 2.19. The highest BCUT2D eigenvalue weighted by Gasteiger charge is 2.17. The molecule has 0 aromatic carbocycles. The van der Waals surface area contributed by atoms with E-state index in [2.05, 4.69) is 24.3 Å². The Kier molecular flexibility index (Phi) is 7.63. The second-order valence-corrected chi connectivity index (χ2v) is 5.52. The van der Waals surface area contributed by atoms with E-state index in [0.717, 1.165) is 31.4 Å². The van der Waals surface area contributed by atoms with Crippen molar-refractivity contribution in [2.24, 2.45) is 0 Å². The molecule has 124 valence electrons. The van der Waals surface area contributed by atoms with Crippen LogP contribution in [0.15, 0.2) is 6.20 Å². The average Bonchev–Trinajstić information content (AvgIpc) is 2.86. The first kappa shape index (κ1) is 18.2. The molecule has 0 aliphatic carbocycles. The molecular weight excluding hydrogens is 282 g/mol. The van der Waals surface area contributed by atoms with E-state index in [0.29, 0.717) is 24.6 Å². The van der Waals surface area contributed by atoms with E-state index in [4.69, 9.17) is 5.11 Å². The molecule has 1 heterocycles. The van der Waals surface area contributed by atoms with Crippen molar-refractivity contribution in [2.45, 2.75) is 65.3 Å². The Balaban J connectivity index is 2.44. The van der Waals surface area contributed by atoms with E-state index in [9.17, 15) is 9.59 Å². The lowest BCUT2D eigenvalue weighted by Crippen LogP contribution is -2.25. The number of hydrogen-bond acceptors (Lipinski definition) is 3. The number of nitrogens with one attached hydrogen (secondary N) is 1. The van der Waals surface area contributed by atoms with E-state index in [1.165, 1.54) is 0 Å². The van der Waals surface area contributed by atoms with Crippen molar-refractivity contribution in [3.05, 3.63) is 17.5 Å². The van der Waals surface area contributed by atoms with Gasteiger partial charge in [0.2, 0.25) is 0 Å². The van der Waals surface area contributed by atoms with Gasteiger partial charge in [-0.05, 0) is 32.6 Å². The lowest BCUT2D eigenvalue weighted by molar-refractivity contribution is -0.137. The van der Waals surface area contributed by atoms with Crippen LogP contribution in [0.4, 0.5) is 0 Å². The topological polar surface area (TPSA) is 84.2 Å². The standard InChI is InChI=1S/C16H27N3O3/c1-4-13(5-2)19-12(3)14(11-18-19)16(22)17-10-8-6-7-9-15(20)21/h11,13H,4-10H2,1-3H3,(H,17,22)(H,20,21). The molecular formula is C16H27N3O3. The van der Waals surface area contributed by atoms with Crippen LogP contribution in [0.2, 0.25) is 0 Å². The maximum absolute atomic E-state index is 12.2. The SMILES string of the molecule is CCC(CC)n1ncc(C(=O)NCCCCCC(=O)O)c1C. The highest BCUT2D eigenvalue weighted by molar-refractivity contribution is 5.95. The number of rotatable bonds is 10. The molecule has 22 heavy (non-hydrogen) atoms. The van der Waals surface area contributed by atoms with Gasteiger partial charge >= 0.3 is 5.97 Å². The summed E-state index contributed by atoms with van der Waals surface area (Å²) in [7, 11) is 0. The average molecular weight is 309 g/mol. The Bertz CT molecular complexity index is 493. The van der Waals surface area contributed by atoms with Gasteiger partial charge in [0.05, 0.1) is 17.8 Å². The lowest BCUT2D eigenvalue weighted by Gasteiger charge is -2.15. The third-order valence-electron chi connectivity index (χ3n) is 3.93. The maximum Gasteiger partial charge on any atom is 0.303 e. The summed E-state index contributed by atoms with van der Waals surface area (Å²) in [6.07, 6.45) is 6.05. The lowest BCUT2D eigenvalue weighted by atomic mass is 10.1. The number of carbonyl (C=O) groups excluding carboxylic acids is 1. The van der Waals surface area contributed by atoms with Crippen LogP contribution in [0.25, 0.3) is 0 Å². The summed E-state index contributed by atoms with van der Waals surface area (Å²) < 4.78 is 1.93. The first-order valence-corrected chi connectivity index (χ1v) is 8.05. The van der Waals surface area contributed by atoms with Crippen LogP contribution in [0.1, 0.15) is 74.5 Å². The van der Waals surface area contributed by atoms with Crippen LogP contribution in [-0.4, -0.2) is 33.3 Å². The normalized spacial score (nSPS) is 10.9. The Morgan fingerprint density at radius 1 is 1.27 bits per heavy atom. The third kappa shape index (κ3) is 5.16. The van der Waals surface area contributed by atoms with Crippen LogP contribution in [-0.2, 0) is 4.79 Å². The van der Waals surface area contributed by atoms with Crippen LogP contribution in [0.5, 0.6) is 0 Å². The molecule has 1 amide bonds. The molecule has 0 aliphatic rings. The number of nitrogens with zero attached hydrogens (tertiary/aromatic N) is 2. The number of unbranched alkanes of at least 4 members (excludes halogenated alkanes) is 2. The number of aromatic nitrogens is 2. The zero-order chi connectivity index (χ0) is 16.5. The number of amides is 1. The molecule has 6 heteroatoms. The smallest absolute Gasteiger partial charge is 0.303 e. The summed E-state index contributed by atoms with van der Waals surface area (Å²) in [5, 5.41) is 15.8. The molecule has 1 aromatic heterocycles. The largest absolute Gasteiger partial charge is 0.481 e. The molecule has 6 nitrogen and oxygen atoms in total. The van der Waals surface area contributed by atoms with Crippen LogP contribution in [0.3, 0.4) is 0 Å². The number of carboxylic acid groups (broad SMARTS) is 1. The van der Waals surface area contributed by atoms with Gasteiger partial charge in [-0.2, -0.15) is 5.10 Å². The Morgan fingerprint density at radius 3 is 2.55 bits per heavy atom. The number of hydrogen-bond donors (Lipinski definition) is 2. The van der Waals surface area contributed by atoms with Gasteiger partial charge in [-0.25, -0.2) is 0 Å². The molecule has 0 radical (unpaired) electrons. The summed E-state index contributed by atoms with van der Waals surface area (Å²) in [6.45, 7) is 6.72. The van der Waals surface area contributed by atoms with E-state index >= 15 is 0 Å². The summed E-state index contributed by atoms with van der Waals surface area (Å²) in [5.41, 5.74) is 1.52. The monoisotopic (exact) mass is 309 g/mol. The van der Waals surface area contributed by atoms with E-state index in [1.54, 1.807) is 6.20 Å². The Labute approximate surface area is 131 Å². The number of carbonyl (C=O) groups is 2. The van der Waals surface area contributed by atoms with Crippen LogP contribution >= 0.6 is 0 Å². The van der Waals surface area contributed by atoms with Gasteiger partial charge in [-0.1, -0.05) is 20.3 Å². The van der Waals surface area contributed by atoms with Crippen molar-refractivity contribution in [3.63, 3.8) is 0 Å². The van der Waals surface area contributed by atoms with Crippen LogP contribution < -0.4 is 5.32 Å². The summed E-state index contributed by atoms with van der Waals surface area (Å²) in [5.74, 6) is -0.874. The predicted molar refractivity (Wildman–Crippen MR) is 85.0 cm³/mol. The van der Waals surface area contributed by atoms with Crippen LogP contribution in [0, 0.1) is 6.92 Å². The van der Waals surface area contributed by atoms with Gasteiger partial charge in [0.15, 0.2) is 0 Å². The van der Waals surface area contributed by atoms with Gasteiger partial charge in [0.1, 0.15) is 0 Å². The minimum Gasteiger partial charge on any atom is -0.481 e. The highest BCUT2D eigenvalue weighted by atomic mass is 16.4. The molecule has 0 aliphatic heterocycles. The first-order chi connectivity index (χ1) is 10.5. The predicted octanol–water partition coefficient (Wildman–Crippen LogP) is 2.93. The van der Waals surface area contributed by atoms with Crippen molar-refractivity contribution in [1.82, 2.24) is 15.1 Å². The van der Waals surface area contributed by atoms with Crippen molar-refractivity contribution in [1.29, 1.82) is 0 Å².